The molecule has 1 heterocycles. The van der Waals surface area contributed by atoms with Crippen LogP contribution in [0.25, 0.3) is 0 Å². The Morgan fingerprint density at radius 2 is 2.00 bits per heavy atom. The Hall–Kier alpha value is -1.65. The van der Waals surface area contributed by atoms with Crippen molar-refractivity contribution in [2.45, 2.75) is 19.5 Å². The van der Waals surface area contributed by atoms with Crippen LogP contribution >= 0.6 is 11.3 Å². The first kappa shape index (κ1) is 12.8. The Morgan fingerprint density at radius 3 is 2.67 bits per heavy atom. The van der Waals surface area contributed by atoms with E-state index in [0.29, 0.717) is 0 Å². The molecule has 0 aliphatic carbocycles. The van der Waals surface area contributed by atoms with Gasteiger partial charge in [0.15, 0.2) is 0 Å². The topological polar surface area (TPSA) is 41.1 Å². The van der Waals surface area contributed by atoms with E-state index in [9.17, 15) is 4.79 Å². The number of para-hydroxylation sites is 1. The molecular formula is C14H16N2OS. The van der Waals surface area contributed by atoms with Gasteiger partial charge in [-0.25, -0.2) is 0 Å². The molecule has 1 aromatic carbocycles. The standard InChI is InChI=1S/C14H16N2OS/c1-11(15-10-13-8-5-9-18-13)14(17)16-12-6-3-2-4-7-12/h2-9,11,15H,10H2,1H3,(H,16,17). The summed E-state index contributed by atoms with van der Waals surface area (Å²) < 4.78 is 0. The SMILES string of the molecule is CC(NCc1cccs1)C(=O)Nc1ccccc1. The first-order valence-corrected chi connectivity index (χ1v) is 6.75. The molecule has 2 aromatic rings. The Labute approximate surface area is 111 Å². The molecule has 0 bridgehead atoms. The molecule has 3 nitrogen and oxygen atoms in total. The molecule has 0 radical (unpaired) electrons. The lowest BCUT2D eigenvalue weighted by Gasteiger charge is -2.13. The summed E-state index contributed by atoms with van der Waals surface area (Å²) >= 11 is 1.69. The van der Waals surface area contributed by atoms with Gasteiger partial charge in [-0.15, -0.1) is 11.3 Å². The molecule has 1 unspecified atom stereocenters. The maximum absolute atomic E-state index is 11.9. The lowest BCUT2D eigenvalue weighted by atomic mass is 10.2. The lowest BCUT2D eigenvalue weighted by Crippen LogP contribution is -2.37. The zero-order chi connectivity index (χ0) is 12.8. The Morgan fingerprint density at radius 1 is 1.22 bits per heavy atom. The van der Waals surface area contributed by atoms with Crippen LogP contribution in [0.2, 0.25) is 0 Å². The molecule has 0 aliphatic rings. The molecule has 1 aromatic heterocycles. The highest BCUT2D eigenvalue weighted by atomic mass is 32.1. The van der Waals surface area contributed by atoms with Crippen molar-refractivity contribution in [2.75, 3.05) is 5.32 Å². The maximum Gasteiger partial charge on any atom is 0.241 e. The van der Waals surface area contributed by atoms with Gasteiger partial charge >= 0.3 is 0 Å². The molecule has 4 heteroatoms. The van der Waals surface area contributed by atoms with E-state index >= 15 is 0 Å². The van der Waals surface area contributed by atoms with Gasteiger partial charge in [0.1, 0.15) is 0 Å². The minimum absolute atomic E-state index is 0.0160. The van der Waals surface area contributed by atoms with E-state index in [2.05, 4.69) is 16.7 Å². The van der Waals surface area contributed by atoms with Crippen LogP contribution < -0.4 is 10.6 Å². The van der Waals surface area contributed by atoms with Gasteiger partial charge in [0.2, 0.25) is 5.91 Å². The van der Waals surface area contributed by atoms with Gasteiger partial charge in [-0.3, -0.25) is 4.79 Å². The van der Waals surface area contributed by atoms with Crippen LogP contribution in [0.1, 0.15) is 11.8 Å². The molecule has 0 fully saturated rings. The minimum Gasteiger partial charge on any atom is -0.325 e. The van der Waals surface area contributed by atoms with Crippen molar-refractivity contribution < 1.29 is 4.79 Å². The monoisotopic (exact) mass is 260 g/mol. The molecule has 1 amide bonds. The van der Waals surface area contributed by atoms with Crippen LogP contribution in [0, 0.1) is 0 Å². The van der Waals surface area contributed by atoms with Crippen molar-refractivity contribution in [3.05, 3.63) is 52.7 Å². The van der Waals surface area contributed by atoms with Crippen LogP contribution in [0.5, 0.6) is 0 Å². The van der Waals surface area contributed by atoms with E-state index in [-0.39, 0.29) is 11.9 Å². The van der Waals surface area contributed by atoms with Gasteiger partial charge < -0.3 is 10.6 Å². The average Bonchev–Trinajstić information content (AvgIpc) is 2.90. The van der Waals surface area contributed by atoms with Gasteiger partial charge in [-0.05, 0) is 30.5 Å². The van der Waals surface area contributed by atoms with E-state index < -0.39 is 0 Å². The third-order valence-corrected chi connectivity index (χ3v) is 3.47. The molecule has 2 rings (SSSR count). The summed E-state index contributed by atoms with van der Waals surface area (Å²) in [5.74, 6) is -0.0160. The quantitative estimate of drug-likeness (QED) is 0.868. The van der Waals surface area contributed by atoms with Gasteiger partial charge in [-0.2, -0.15) is 0 Å². The lowest BCUT2D eigenvalue weighted by molar-refractivity contribution is -0.117. The number of nitrogens with one attached hydrogen (secondary N) is 2. The summed E-state index contributed by atoms with van der Waals surface area (Å²) in [4.78, 5) is 13.1. The Balaban J connectivity index is 1.82. The van der Waals surface area contributed by atoms with Crippen molar-refractivity contribution >= 4 is 22.9 Å². The molecule has 0 spiro atoms. The number of hydrogen-bond acceptors (Lipinski definition) is 3. The fraction of sp³-hybridized carbons (Fsp3) is 0.214. The summed E-state index contributed by atoms with van der Waals surface area (Å²) in [6.07, 6.45) is 0. The first-order valence-electron chi connectivity index (χ1n) is 5.87. The number of carbonyl (C=O) groups excluding carboxylic acids is 1. The predicted molar refractivity (Wildman–Crippen MR) is 75.7 cm³/mol. The third kappa shape index (κ3) is 3.68. The maximum atomic E-state index is 11.9. The zero-order valence-electron chi connectivity index (χ0n) is 10.2. The van der Waals surface area contributed by atoms with Crippen molar-refractivity contribution in [3.63, 3.8) is 0 Å². The highest BCUT2D eigenvalue weighted by Gasteiger charge is 2.12. The second-order valence-corrected chi connectivity index (χ2v) is 5.07. The van der Waals surface area contributed by atoms with Crippen LogP contribution in [-0.4, -0.2) is 11.9 Å². The molecular weight excluding hydrogens is 244 g/mol. The van der Waals surface area contributed by atoms with Gasteiger partial charge in [0.05, 0.1) is 6.04 Å². The van der Waals surface area contributed by atoms with Gasteiger partial charge in [0, 0.05) is 17.1 Å². The number of hydrogen-bond donors (Lipinski definition) is 2. The number of amides is 1. The summed E-state index contributed by atoms with van der Waals surface area (Å²) in [6, 6.07) is 13.3. The third-order valence-electron chi connectivity index (χ3n) is 2.60. The smallest absolute Gasteiger partial charge is 0.241 e. The Kier molecular flexibility index (Phi) is 4.50. The minimum atomic E-state index is -0.215. The molecule has 94 valence electrons. The van der Waals surface area contributed by atoms with E-state index in [1.807, 2.05) is 48.7 Å². The van der Waals surface area contributed by atoms with Crippen LogP contribution in [0.4, 0.5) is 5.69 Å². The summed E-state index contributed by atoms with van der Waals surface area (Å²) in [5, 5.41) is 8.11. The van der Waals surface area contributed by atoms with Crippen molar-refractivity contribution in [3.8, 4) is 0 Å². The van der Waals surface area contributed by atoms with Crippen LogP contribution in [0.15, 0.2) is 47.8 Å². The van der Waals surface area contributed by atoms with Crippen LogP contribution in [0.3, 0.4) is 0 Å². The Bertz CT molecular complexity index is 482. The number of rotatable bonds is 5. The summed E-state index contributed by atoms with van der Waals surface area (Å²) in [7, 11) is 0. The predicted octanol–water partition coefficient (Wildman–Crippen LogP) is 2.86. The second kappa shape index (κ2) is 6.33. The fourth-order valence-electron chi connectivity index (χ4n) is 1.53. The summed E-state index contributed by atoms with van der Waals surface area (Å²) in [5.41, 5.74) is 0.826. The number of thiophene rings is 1. The molecule has 1 atom stereocenters. The fourth-order valence-corrected chi connectivity index (χ4v) is 2.19. The van der Waals surface area contributed by atoms with E-state index in [1.54, 1.807) is 11.3 Å². The number of benzene rings is 1. The largest absolute Gasteiger partial charge is 0.325 e. The van der Waals surface area contributed by atoms with Crippen LogP contribution in [-0.2, 0) is 11.3 Å². The van der Waals surface area contributed by atoms with Crippen molar-refractivity contribution in [2.24, 2.45) is 0 Å². The summed E-state index contributed by atoms with van der Waals surface area (Å²) in [6.45, 7) is 2.59. The number of anilines is 1. The normalized spacial score (nSPS) is 12.1. The zero-order valence-corrected chi connectivity index (χ0v) is 11.0. The molecule has 0 saturated heterocycles. The first-order chi connectivity index (χ1) is 8.75. The average molecular weight is 260 g/mol. The highest BCUT2D eigenvalue weighted by molar-refractivity contribution is 7.09. The molecule has 0 aliphatic heterocycles. The van der Waals surface area contributed by atoms with E-state index in [1.165, 1.54) is 4.88 Å². The molecule has 2 N–H and O–H groups in total. The van der Waals surface area contributed by atoms with E-state index in [0.717, 1.165) is 12.2 Å². The van der Waals surface area contributed by atoms with Crippen molar-refractivity contribution in [1.82, 2.24) is 5.32 Å². The molecule has 0 saturated carbocycles. The van der Waals surface area contributed by atoms with Gasteiger partial charge in [-0.1, -0.05) is 24.3 Å². The highest BCUT2D eigenvalue weighted by Crippen LogP contribution is 2.09. The molecule has 18 heavy (non-hydrogen) atoms. The second-order valence-electron chi connectivity index (χ2n) is 4.04. The van der Waals surface area contributed by atoms with Crippen molar-refractivity contribution in [1.29, 1.82) is 0 Å². The van der Waals surface area contributed by atoms with Gasteiger partial charge in [0.25, 0.3) is 0 Å². The number of carbonyl (C=O) groups is 1. The van der Waals surface area contributed by atoms with E-state index in [4.69, 9.17) is 0 Å².